The highest BCUT2D eigenvalue weighted by Crippen LogP contribution is 1.99. The summed E-state index contributed by atoms with van der Waals surface area (Å²) < 4.78 is 0. The summed E-state index contributed by atoms with van der Waals surface area (Å²) >= 11 is 0. The van der Waals surface area contributed by atoms with E-state index in [1.165, 1.54) is 0 Å². The van der Waals surface area contributed by atoms with Gasteiger partial charge in [0, 0.05) is 39.3 Å². The lowest BCUT2D eigenvalue weighted by Crippen LogP contribution is -2.45. The number of nitrogens with zero attached hydrogens (tertiary/aromatic N) is 2. The lowest BCUT2D eigenvalue weighted by atomic mass is 10.3. The quantitative estimate of drug-likeness (QED) is 0.532. The fraction of sp³-hybridized carbons (Fsp3) is 0.545. The molecule has 6 heteroatoms. The van der Waals surface area contributed by atoms with Crippen LogP contribution in [0.5, 0.6) is 0 Å². The van der Waals surface area contributed by atoms with Crippen LogP contribution in [0.4, 0.5) is 11.6 Å². The zero-order valence-corrected chi connectivity index (χ0v) is 10.1. The fourth-order valence-corrected chi connectivity index (χ4v) is 1.59. The van der Waals surface area contributed by atoms with Crippen LogP contribution in [-0.2, 0) is 0 Å². The molecule has 0 atom stereocenters. The highest BCUT2D eigenvalue weighted by atomic mass is 15.2. The molecule has 17 heavy (non-hydrogen) atoms. The molecule has 0 saturated carbocycles. The molecule has 1 aliphatic rings. The Morgan fingerprint density at radius 2 is 1.76 bits per heavy atom. The zero-order chi connectivity index (χ0) is 12.5. The second-order valence-corrected chi connectivity index (χ2v) is 3.87. The molecule has 0 aromatic carbocycles. The summed E-state index contributed by atoms with van der Waals surface area (Å²) in [5.41, 5.74) is 15.9. The van der Waals surface area contributed by atoms with Gasteiger partial charge in [-0.3, -0.25) is 4.90 Å². The molecule has 2 rings (SSSR count). The van der Waals surface area contributed by atoms with Crippen LogP contribution in [-0.4, -0.2) is 49.2 Å². The van der Waals surface area contributed by atoms with Gasteiger partial charge in [0.1, 0.15) is 11.6 Å². The van der Waals surface area contributed by atoms with Gasteiger partial charge in [-0.15, -0.1) is 0 Å². The van der Waals surface area contributed by atoms with Crippen molar-refractivity contribution >= 4 is 11.6 Å². The maximum absolute atomic E-state index is 5.40. The monoisotopic (exact) mass is 238 g/mol. The van der Waals surface area contributed by atoms with Crippen LogP contribution in [0.2, 0.25) is 0 Å². The van der Waals surface area contributed by atoms with E-state index in [1.807, 2.05) is 0 Å². The minimum absolute atomic E-state index is 0.463. The summed E-state index contributed by atoms with van der Waals surface area (Å²) in [5, 5.41) is 3.29. The van der Waals surface area contributed by atoms with E-state index in [1.54, 1.807) is 18.2 Å². The lowest BCUT2D eigenvalue weighted by Gasteiger charge is -2.26. The Balaban J connectivity index is 0.000000171. The molecule has 1 saturated heterocycles. The van der Waals surface area contributed by atoms with Gasteiger partial charge in [0.2, 0.25) is 0 Å². The normalized spacial score (nSPS) is 16.1. The molecule has 0 amide bonds. The van der Waals surface area contributed by atoms with Crippen molar-refractivity contribution in [2.75, 3.05) is 50.7 Å². The molecule has 7 N–H and O–H groups in total. The van der Waals surface area contributed by atoms with Crippen LogP contribution in [0.1, 0.15) is 0 Å². The molecule has 1 aliphatic heterocycles. The Morgan fingerprint density at radius 3 is 2.18 bits per heavy atom. The number of nitrogen functional groups attached to an aromatic ring is 2. The van der Waals surface area contributed by atoms with Crippen LogP contribution < -0.4 is 22.5 Å². The average Bonchev–Trinajstić information content (AvgIpc) is 2.31. The van der Waals surface area contributed by atoms with Crippen molar-refractivity contribution in [3.63, 3.8) is 0 Å². The summed E-state index contributed by atoms with van der Waals surface area (Å²) in [4.78, 5) is 6.11. The maximum Gasteiger partial charge on any atom is 0.125 e. The SMILES string of the molecule is NCCN1CCNCC1.Nc1cccc(N)n1. The Morgan fingerprint density at radius 1 is 1.18 bits per heavy atom. The van der Waals surface area contributed by atoms with Crippen molar-refractivity contribution in [3.05, 3.63) is 18.2 Å². The Labute approximate surface area is 102 Å². The standard InChI is InChI=1S/C6H15N3.C5H7N3/c7-1-4-9-5-2-8-3-6-9;6-4-2-1-3-5(7)8-4/h8H,1-7H2;1-3H,(H4,6,7,8). The largest absolute Gasteiger partial charge is 0.384 e. The van der Waals surface area contributed by atoms with E-state index in [9.17, 15) is 0 Å². The smallest absolute Gasteiger partial charge is 0.125 e. The minimum atomic E-state index is 0.463. The molecular formula is C11H22N6. The zero-order valence-electron chi connectivity index (χ0n) is 10.1. The number of anilines is 2. The number of pyridine rings is 1. The number of hydrogen-bond donors (Lipinski definition) is 4. The van der Waals surface area contributed by atoms with Crippen molar-refractivity contribution in [1.29, 1.82) is 0 Å². The van der Waals surface area contributed by atoms with E-state index in [2.05, 4.69) is 15.2 Å². The van der Waals surface area contributed by atoms with Crippen molar-refractivity contribution < 1.29 is 0 Å². The van der Waals surface area contributed by atoms with Gasteiger partial charge in [-0.05, 0) is 12.1 Å². The van der Waals surface area contributed by atoms with Crippen LogP contribution in [0.3, 0.4) is 0 Å². The first-order valence-electron chi connectivity index (χ1n) is 5.83. The maximum atomic E-state index is 5.40. The predicted octanol–water partition coefficient (Wildman–Crippen LogP) is -0.904. The molecular weight excluding hydrogens is 216 g/mol. The van der Waals surface area contributed by atoms with Crippen LogP contribution in [0.25, 0.3) is 0 Å². The van der Waals surface area contributed by atoms with Crippen molar-refractivity contribution in [2.45, 2.75) is 0 Å². The third-order valence-electron chi connectivity index (χ3n) is 2.45. The molecule has 1 aromatic rings. The first-order chi connectivity index (χ1) is 8.22. The second kappa shape index (κ2) is 7.83. The van der Waals surface area contributed by atoms with E-state index < -0.39 is 0 Å². The van der Waals surface area contributed by atoms with Gasteiger partial charge in [-0.1, -0.05) is 6.07 Å². The third-order valence-corrected chi connectivity index (χ3v) is 2.45. The summed E-state index contributed by atoms with van der Waals surface area (Å²) in [7, 11) is 0. The van der Waals surface area contributed by atoms with Gasteiger partial charge >= 0.3 is 0 Å². The molecule has 2 heterocycles. The number of nitrogens with two attached hydrogens (primary N) is 3. The Bertz CT molecular complexity index is 291. The first kappa shape index (κ1) is 13.7. The Hall–Kier alpha value is -1.37. The van der Waals surface area contributed by atoms with Gasteiger partial charge in [0.05, 0.1) is 0 Å². The van der Waals surface area contributed by atoms with Crippen LogP contribution >= 0.6 is 0 Å². The van der Waals surface area contributed by atoms with Crippen molar-refractivity contribution in [1.82, 2.24) is 15.2 Å². The summed E-state index contributed by atoms with van der Waals surface area (Å²) in [6.07, 6.45) is 0. The number of aromatic nitrogens is 1. The molecule has 0 aliphatic carbocycles. The number of hydrogen-bond acceptors (Lipinski definition) is 6. The summed E-state index contributed by atoms with van der Waals surface area (Å²) in [5.74, 6) is 0.926. The van der Waals surface area contributed by atoms with Gasteiger partial charge in [0.25, 0.3) is 0 Å². The topological polar surface area (TPSA) is 106 Å². The van der Waals surface area contributed by atoms with Crippen molar-refractivity contribution in [3.8, 4) is 0 Å². The molecule has 0 radical (unpaired) electrons. The highest BCUT2D eigenvalue weighted by Gasteiger charge is 2.06. The van der Waals surface area contributed by atoms with Crippen LogP contribution in [0, 0.1) is 0 Å². The summed E-state index contributed by atoms with van der Waals surface area (Å²) in [6.45, 7) is 6.43. The van der Waals surface area contributed by atoms with E-state index in [0.29, 0.717) is 11.6 Å². The molecule has 0 spiro atoms. The minimum Gasteiger partial charge on any atom is -0.384 e. The van der Waals surface area contributed by atoms with E-state index in [-0.39, 0.29) is 0 Å². The van der Waals surface area contributed by atoms with Gasteiger partial charge in [-0.2, -0.15) is 0 Å². The van der Waals surface area contributed by atoms with Gasteiger partial charge < -0.3 is 22.5 Å². The number of piperazine rings is 1. The molecule has 1 fully saturated rings. The highest BCUT2D eigenvalue weighted by molar-refractivity contribution is 5.37. The first-order valence-corrected chi connectivity index (χ1v) is 5.83. The molecule has 6 nitrogen and oxygen atoms in total. The number of rotatable bonds is 2. The second-order valence-electron chi connectivity index (χ2n) is 3.87. The van der Waals surface area contributed by atoms with E-state index in [0.717, 1.165) is 39.3 Å². The molecule has 1 aromatic heterocycles. The predicted molar refractivity (Wildman–Crippen MR) is 71.4 cm³/mol. The van der Waals surface area contributed by atoms with Gasteiger partial charge in [-0.25, -0.2) is 4.98 Å². The Kier molecular flexibility index (Phi) is 6.31. The van der Waals surface area contributed by atoms with Crippen molar-refractivity contribution in [2.24, 2.45) is 5.73 Å². The third kappa shape index (κ3) is 6.06. The van der Waals surface area contributed by atoms with Gasteiger partial charge in [0.15, 0.2) is 0 Å². The molecule has 0 unspecified atom stereocenters. The fourth-order valence-electron chi connectivity index (χ4n) is 1.59. The lowest BCUT2D eigenvalue weighted by molar-refractivity contribution is 0.247. The molecule has 0 bridgehead atoms. The van der Waals surface area contributed by atoms with E-state index in [4.69, 9.17) is 17.2 Å². The van der Waals surface area contributed by atoms with E-state index >= 15 is 0 Å². The molecule has 96 valence electrons. The average molecular weight is 238 g/mol. The van der Waals surface area contributed by atoms with Crippen LogP contribution in [0.15, 0.2) is 18.2 Å². The number of nitrogens with one attached hydrogen (secondary N) is 1. The summed E-state index contributed by atoms with van der Waals surface area (Å²) in [6, 6.07) is 5.14.